The molecule has 0 saturated heterocycles. The molecule has 1 aromatic rings. The molecule has 1 heterocycles. The Kier molecular flexibility index (Phi) is 4.85. The molecule has 1 amide bonds. The SMILES string of the molecule is C=CCN(Cc1ccc(Cl)s1)C(=O)C1(C#N)CCCC1. The highest BCUT2D eigenvalue weighted by Gasteiger charge is 2.43. The molecule has 106 valence electrons. The lowest BCUT2D eigenvalue weighted by atomic mass is 9.86. The third kappa shape index (κ3) is 3.05. The van der Waals surface area contributed by atoms with E-state index in [-0.39, 0.29) is 5.91 Å². The molecule has 1 aliphatic carbocycles. The minimum atomic E-state index is -0.829. The first-order valence-electron chi connectivity index (χ1n) is 6.67. The molecule has 0 aliphatic heterocycles. The number of rotatable bonds is 5. The molecule has 0 bridgehead atoms. The highest BCUT2D eigenvalue weighted by Crippen LogP contribution is 2.39. The second-order valence-electron chi connectivity index (χ2n) is 5.08. The third-order valence-electron chi connectivity index (χ3n) is 3.69. The van der Waals surface area contributed by atoms with Gasteiger partial charge < -0.3 is 4.90 Å². The van der Waals surface area contributed by atoms with Gasteiger partial charge in [-0.15, -0.1) is 17.9 Å². The van der Waals surface area contributed by atoms with E-state index in [1.54, 1.807) is 11.0 Å². The summed E-state index contributed by atoms with van der Waals surface area (Å²) in [5.41, 5.74) is -0.829. The van der Waals surface area contributed by atoms with Crippen molar-refractivity contribution in [1.29, 1.82) is 5.26 Å². The van der Waals surface area contributed by atoms with Crippen LogP contribution in [0.15, 0.2) is 24.8 Å². The highest BCUT2D eigenvalue weighted by molar-refractivity contribution is 7.16. The van der Waals surface area contributed by atoms with Crippen molar-refractivity contribution in [3.05, 3.63) is 34.0 Å². The average Bonchev–Trinajstić information content (AvgIpc) is 3.07. The van der Waals surface area contributed by atoms with Crippen LogP contribution in [0.3, 0.4) is 0 Å². The number of nitrogens with zero attached hydrogens (tertiary/aromatic N) is 2. The predicted octanol–water partition coefficient (Wildman–Crippen LogP) is 4.00. The van der Waals surface area contributed by atoms with E-state index in [1.165, 1.54) is 11.3 Å². The number of carbonyl (C=O) groups is 1. The molecule has 5 heteroatoms. The van der Waals surface area contributed by atoms with E-state index in [0.717, 1.165) is 17.7 Å². The monoisotopic (exact) mass is 308 g/mol. The van der Waals surface area contributed by atoms with E-state index in [0.29, 0.717) is 30.3 Å². The minimum absolute atomic E-state index is 0.0677. The molecule has 1 fully saturated rings. The van der Waals surface area contributed by atoms with Crippen LogP contribution in [0.4, 0.5) is 0 Å². The standard InChI is InChI=1S/C15H17ClN2OS/c1-2-9-18(10-12-5-6-13(16)20-12)14(19)15(11-17)7-3-4-8-15/h2,5-6H,1,3-4,7-10H2. The first-order valence-corrected chi connectivity index (χ1v) is 7.86. The molecule has 0 atom stereocenters. The van der Waals surface area contributed by atoms with Gasteiger partial charge in [0.1, 0.15) is 5.41 Å². The van der Waals surface area contributed by atoms with Crippen molar-refractivity contribution in [2.75, 3.05) is 6.54 Å². The van der Waals surface area contributed by atoms with E-state index >= 15 is 0 Å². The summed E-state index contributed by atoms with van der Waals surface area (Å²) < 4.78 is 0.710. The van der Waals surface area contributed by atoms with E-state index in [4.69, 9.17) is 11.6 Å². The topological polar surface area (TPSA) is 44.1 Å². The lowest BCUT2D eigenvalue weighted by Crippen LogP contribution is -2.41. The number of nitriles is 1. The molecule has 2 rings (SSSR count). The molecule has 0 unspecified atom stereocenters. The van der Waals surface area contributed by atoms with Gasteiger partial charge in [-0.2, -0.15) is 5.26 Å². The fourth-order valence-electron chi connectivity index (χ4n) is 2.65. The fraction of sp³-hybridized carbons (Fsp3) is 0.467. The Bertz CT molecular complexity index is 540. The molecule has 0 aromatic carbocycles. The number of hydrogen-bond donors (Lipinski definition) is 0. The average molecular weight is 309 g/mol. The summed E-state index contributed by atoms with van der Waals surface area (Å²) in [6, 6.07) is 6.01. The van der Waals surface area contributed by atoms with Crippen LogP contribution in [-0.2, 0) is 11.3 Å². The zero-order valence-corrected chi connectivity index (χ0v) is 12.8. The van der Waals surface area contributed by atoms with Crippen molar-refractivity contribution < 1.29 is 4.79 Å². The molecular weight excluding hydrogens is 292 g/mol. The summed E-state index contributed by atoms with van der Waals surface area (Å²) in [6.07, 6.45) is 4.94. The fourth-order valence-corrected chi connectivity index (χ4v) is 3.76. The quantitative estimate of drug-likeness (QED) is 0.772. The van der Waals surface area contributed by atoms with Crippen LogP contribution in [0.5, 0.6) is 0 Å². The molecule has 20 heavy (non-hydrogen) atoms. The van der Waals surface area contributed by atoms with Crippen LogP contribution in [0, 0.1) is 16.7 Å². The van der Waals surface area contributed by atoms with E-state index in [9.17, 15) is 10.1 Å². The van der Waals surface area contributed by atoms with Gasteiger partial charge in [0, 0.05) is 11.4 Å². The van der Waals surface area contributed by atoms with E-state index in [2.05, 4.69) is 12.6 Å². The molecule has 1 aromatic heterocycles. The molecule has 1 saturated carbocycles. The Morgan fingerprint density at radius 3 is 2.75 bits per heavy atom. The lowest BCUT2D eigenvalue weighted by molar-refractivity contribution is -0.138. The maximum absolute atomic E-state index is 12.7. The molecule has 0 radical (unpaired) electrons. The van der Waals surface area contributed by atoms with E-state index < -0.39 is 5.41 Å². The van der Waals surface area contributed by atoms with Crippen molar-refractivity contribution in [3.63, 3.8) is 0 Å². The number of carbonyl (C=O) groups excluding carboxylic acids is 1. The second kappa shape index (κ2) is 6.43. The van der Waals surface area contributed by atoms with Gasteiger partial charge in [-0.3, -0.25) is 4.79 Å². The predicted molar refractivity (Wildman–Crippen MR) is 81.5 cm³/mol. The van der Waals surface area contributed by atoms with Crippen molar-refractivity contribution in [2.45, 2.75) is 32.2 Å². The number of hydrogen-bond acceptors (Lipinski definition) is 3. The van der Waals surface area contributed by atoms with Gasteiger partial charge in [-0.25, -0.2) is 0 Å². The Morgan fingerprint density at radius 1 is 1.55 bits per heavy atom. The van der Waals surface area contributed by atoms with Crippen LogP contribution in [-0.4, -0.2) is 17.4 Å². The summed E-state index contributed by atoms with van der Waals surface area (Å²) in [5.74, 6) is -0.0677. The van der Waals surface area contributed by atoms with Crippen molar-refractivity contribution in [3.8, 4) is 6.07 Å². The van der Waals surface area contributed by atoms with Crippen molar-refractivity contribution in [2.24, 2.45) is 5.41 Å². The van der Waals surface area contributed by atoms with Gasteiger partial charge in [0.2, 0.25) is 5.91 Å². The molecule has 1 aliphatic rings. The largest absolute Gasteiger partial charge is 0.332 e. The smallest absolute Gasteiger partial charge is 0.243 e. The molecular formula is C15H17ClN2OS. The van der Waals surface area contributed by atoms with Gasteiger partial charge in [0.15, 0.2) is 0 Å². The van der Waals surface area contributed by atoms with Gasteiger partial charge in [-0.1, -0.05) is 30.5 Å². The normalized spacial score (nSPS) is 16.6. The number of halogens is 1. The summed E-state index contributed by atoms with van der Waals surface area (Å²) >= 11 is 7.39. The van der Waals surface area contributed by atoms with E-state index in [1.807, 2.05) is 12.1 Å². The summed E-state index contributed by atoms with van der Waals surface area (Å²) in [6.45, 7) is 4.65. The number of thiophene rings is 1. The Morgan fingerprint density at radius 2 is 2.25 bits per heavy atom. The maximum atomic E-state index is 12.7. The van der Waals surface area contributed by atoms with Crippen molar-refractivity contribution >= 4 is 28.8 Å². The minimum Gasteiger partial charge on any atom is -0.332 e. The zero-order valence-electron chi connectivity index (χ0n) is 11.3. The van der Waals surface area contributed by atoms with Crippen LogP contribution in [0.25, 0.3) is 0 Å². The Balaban J connectivity index is 2.17. The van der Waals surface area contributed by atoms with Gasteiger partial charge in [-0.05, 0) is 25.0 Å². The summed E-state index contributed by atoms with van der Waals surface area (Å²) in [7, 11) is 0. The van der Waals surface area contributed by atoms with Crippen LogP contribution in [0.1, 0.15) is 30.6 Å². The summed E-state index contributed by atoms with van der Waals surface area (Å²) in [5, 5.41) is 9.43. The molecule has 3 nitrogen and oxygen atoms in total. The van der Waals surface area contributed by atoms with Crippen LogP contribution in [0.2, 0.25) is 4.34 Å². The number of amides is 1. The van der Waals surface area contributed by atoms with Crippen LogP contribution >= 0.6 is 22.9 Å². The van der Waals surface area contributed by atoms with Gasteiger partial charge >= 0.3 is 0 Å². The van der Waals surface area contributed by atoms with Crippen molar-refractivity contribution in [1.82, 2.24) is 4.90 Å². The Hall–Kier alpha value is -1.31. The molecule has 0 spiro atoms. The zero-order chi connectivity index (χ0) is 14.6. The first kappa shape index (κ1) is 15.1. The highest BCUT2D eigenvalue weighted by atomic mass is 35.5. The summed E-state index contributed by atoms with van der Waals surface area (Å²) in [4.78, 5) is 15.5. The Labute approximate surface area is 128 Å². The molecule has 0 N–H and O–H groups in total. The van der Waals surface area contributed by atoms with Gasteiger partial charge in [0.05, 0.1) is 17.0 Å². The van der Waals surface area contributed by atoms with Gasteiger partial charge in [0.25, 0.3) is 0 Å². The van der Waals surface area contributed by atoms with Crippen LogP contribution < -0.4 is 0 Å². The third-order valence-corrected chi connectivity index (χ3v) is 4.91. The first-order chi connectivity index (χ1) is 9.61. The maximum Gasteiger partial charge on any atom is 0.243 e. The lowest BCUT2D eigenvalue weighted by Gasteiger charge is -2.28. The second-order valence-corrected chi connectivity index (χ2v) is 6.88.